The average molecular weight is 358 g/mol. The molecule has 0 aliphatic rings. The molecule has 0 aromatic heterocycles. The molecule has 0 heterocycles. The highest BCUT2D eigenvalue weighted by Crippen LogP contribution is 2.32. The number of benzene rings is 1. The maximum Gasteiger partial charge on any atom is 0.273 e. The summed E-state index contributed by atoms with van der Waals surface area (Å²) in [4.78, 5) is 25.0. The van der Waals surface area contributed by atoms with E-state index in [4.69, 9.17) is 5.73 Å². The second-order valence-electron chi connectivity index (χ2n) is 7.77. The van der Waals surface area contributed by atoms with Crippen molar-refractivity contribution in [2.75, 3.05) is 20.1 Å². The number of hydrogen-bond acceptors (Lipinski definition) is 4. The van der Waals surface area contributed by atoms with Crippen LogP contribution in [0, 0.1) is 15.5 Å². The van der Waals surface area contributed by atoms with Gasteiger partial charge in [0.25, 0.3) is 11.6 Å². The smallest absolute Gasteiger partial charge is 0.273 e. The maximum absolute atomic E-state index is 12.5. The van der Waals surface area contributed by atoms with Crippen LogP contribution in [-0.4, -0.2) is 35.9 Å². The van der Waals surface area contributed by atoms with E-state index in [1.807, 2.05) is 34.6 Å². The van der Waals surface area contributed by atoms with E-state index < -0.39 is 4.92 Å². The minimum Gasteiger partial charge on any atom is -0.341 e. The van der Waals surface area contributed by atoms with Crippen LogP contribution in [0.1, 0.15) is 50.5 Å². The molecule has 0 atom stereocenters. The SMILES string of the molecule is CN(CC(C)(C)CN)C(=O)c1ccc(C(C)(C)C)c([N+](=O)[O-])c1.Cl. The largest absolute Gasteiger partial charge is 0.341 e. The molecule has 7 heteroatoms. The highest BCUT2D eigenvalue weighted by molar-refractivity contribution is 5.95. The quantitative estimate of drug-likeness (QED) is 0.646. The molecule has 0 spiro atoms. The van der Waals surface area contributed by atoms with Crippen LogP contribution in [0.3, 0.4) is 0 Å². The van der Waals surface area contributed by atoms with Gasteiger partial charge in [0.2, 0.25) is 0 Å². The Balaban J connectivity index is 0.00000529. The molecular formula is C17H28ClN3O3. The number of nitrogens with two attached hydrogens (primary N) is 1. The summed E-state index contributed by atoms with van der Waals surface area (Å²) in [6.07, 6.45) is 0. The van der Waals surface area contributed by atoms with Crippen LogP contribution in [0.4, 0.5) is 5.69 Å². The molecule has 0 aliphatic carbocycles. The van der Waals surface area contributed by atoms with Gasteiger partial charge in [-0.25, -0.2) is 0 Å². The fourth-order valence-corrected chi connectivity index (χ4v) is 2.45. The van der Waals surface area contributed by atoms with Crippen LogP contribution in [0.2, 0.25) is 0 Å². The lowest BCUT2D eigenvalue weighted by atomic mass is 9.85. The van der Waals surface area contributed by atoms with E-state index in [9.17, 15) is 14.9 Å². The number of nitro groups is 1. The molecule has 6 nitrogen and oxygen atoms in total. The maximum atomic E-state index is 12.5. The molecule has 0 saturated carbocycles. The van der Waals surface area contributed by atoms with E-state index in [-0.39, 0.29) is 34.8 Å². The third-order valence-electron chi connectivity index (χ3n) is 3.81. The summed E-state index contributed by atoms with van der Waals surface area (Å²) in [5, 5.41) is 11.4. The van der Waals surface area contributed by atoms with Gasteiger partial charge in [-0.15, -0.1) is 12.4 Å². The summed E-state index contributed by atoms with van der Waals surface area (Å²) in [6.45, 7) is 10.6. The molecule has 0 unspecified atom stereocenters. The lowest BCUT2D eigenvalue weighted by Crippen LogP contribution is -2.39. The number of carbonyl (C=O) groups is 1. The van der Waals surface area contributed by atoms with Crippen molar-refractivity contribution in [3.05, 3.63) is 39.4 Å². The number of nitro benzene ring substituents is 1. The zero-order valence-corrected chi connectivity index (χ0v) is 16.1. The molecule has 0 radical (unpaired) electrons. The highest BCUT2D eigenvalue weighted by Gasteiger charge is 2.28. The normalized spacial score (nSPS) is 11.6. The predicted molar refractivity (Wildman–Crippen MR) is 98.8 cm³/mol. The molecule has 1 rings (SSSR count). The summed E-state index contributed by atoms with van der Waals surface area (Å²) in [5.74, 6) is -0.241. The first-order valence-corrected chi connectivity index (χ1v) is 7.63. The van der Waals surface area contributed by atoms with E-state index in [0.717, 1.165) is 0 Å². The van der Waals surface area contributed by atoms with Crippen molar-refractivity contribution in [1.82, 2.24) is 4.90 Å². The molecule has 24 heavy (non-hydrogen) atoms. The van der Waals surface area contributed by atoms with Crippen molar-refractivity contribution >= 4 is 24.0 Å². The summed E-state index contributed by atoms with van der Waals surface area (Å²) >= 11 is 0. The molecule has 0 bridgehead atoms. The Morgan fingerprint density at radius 3 is 2.21 bits per heavy atom. The Bertz CT molecular complexity index is 610. The standard InChI is InChI=1S/C17H27N3O3.ClH/c1-16(2,3)13-8-7-12(9-14(13)20(22)23)15(21)19(6)11-17(4,5)10-18;/h7-9H,10-11,18H2,1-6H3;1H. The van der Waals surface area contributed by atoms with Gasteiger partial charge >= 0.3 is 0 Å². The molecule has 136 valence electrons. The number of halogens is 1. The van der Waals surface area contributed by atoms with E-state index in [0.29, 0.717) is 24.2 Å². The van der Waals surface area contributed by atoms with Crippen LogP contribution in [-0.2, 0) is 5.41 Å². The second-order valence-corrected chi connectivity index (χ2v) is 7.77. The Hall–Kier alpha value is -1.66. The van der Waals surface area contributed by atoms with Gasteiger partial charge in [0, 0.05) is 30.8 Å². The molecule has 1 aromatic carbocycles. The molecule has 2 N–H and O–H groups in total. The molecule has 1 aromatic rings. The van der Waals surface area contributed by atoms with Gasteiger partial charge in [0.15, 0.2) is 0 Å². The van der Waals surface area contributed by atoms with Crippen LogP contribution >= 0.6 is 12.4 Å². The number of hydrogen-bond donors (Lipinski definition) is 1. The van der Waals surface area contributed by atoms with Crippen molar-refractivity contribution in [2.45, 2.75) is 40.0 Å². The summed E-state index contributed by atoms with van der Waals surface area (Å²) in [5.41, 5.74) is 6.04. The van der Waals surface area contributed by atoms with E-state index in [2.05, 4.69) is 0 Å². The van der Waals surface area contributed by atoms with Crippen LogP contribution in [0.15, 0.2) is 18.2 Å². The van der Waals surface area contributed by atoms with Crippen molar-refractivity contribution in [3.8, 4) is 0 Å². The summed E-state index contributed by atoms with van der Waals surface area (Å²) < 4.78 is 0. The Morgan fingerprint density at radius 1 is 1.25 bits per heavy atom. The monoisotopic (exact) mass is 357 g/mol. The minimum atomic E-state index is -0.429. The third-order valence-corrected chi connectivity index (χ3v) is 3.81. The molecular weight excluding hydrogens is 330 g/mol. The number of amides is 1. The van der Waals surface area contributed by atoms with Gasteiger partial charge in [-0.2, -0.15) is 0 Å². The third kappa shape index (κ3) is 5.46. The fourth-order valence-electron chi connectivity index (χ4n) is 2.45. The van der Waals surface area contributed by atoms with Gasteiger partial charge in [-0.1, -0.05) is 40.7 Å². The first-order valence-electron chi connectivity index (χ1n) is 7.63. The topological polar surface area (TPSA) is 89.5 Å². The lowest BCUT2D eigenvalue weighted by Gasteiger charge is -2.29. The molecule has 0 aliphatic heterocycles. The van der Waals surface area contributed by atoms with Gasteiger partial charge < -0.3 is 10.6 Å². The Kier molecular flexibility index (Phi) is 7.39. The van der Waals surface area contributed by atoms with Crippen molar-refractivity contribution in [2.24, 2.45) is 11.1 Å². The van der Waals surface area contributed by atoms with E-state index in [1.54, 1.807) is 24.1 Å². The zero-order valence-electron chi connectivity index (χ0n) is 15.3. The zero-order chi connectivity index (χ0) is 18.0. The highest BCUT2D eigenvalue weighted by atomic mass is 35.5. The number of carbonyl (C=O) groups excluding carboxylic acids is 1. The first kappa shape index (κ1) is 22.3. The Labute approximate surface area is 150 Å². The minimum absolute atomic E-state index is 0. The van der Waals surface area contributed by atoms with Gasteiger partial charge in [-0.05, 0) is 23.4 Å². The van der Waals surface area contributed by atoms with Crippen molar-refractivity contribution in [3.63, 3.8) is 0 Å². The number of rotatable bonds is 5. The number of nitrogens with zero attached hydrogens (tertiary/aromatic N) is 2. The Morgan fingerprint density at radius 2 is 1.79 bits per heavy atom. The van der Waals surface area contributed by atoms with Gasteiger partial charge in [0.05, 0.1) is 4.92 Å². The molecule has 0 fully saturated rings. The van der Waals surface area contributed by atoms with Crippen LogP contribution < -0.4 is 5.73 Å². The summed E-state index contributed by atoms with van der Waals surface area (Å²) in [7, 11) is 1.68. The van der Waals surface area contributed by atoms with Crippen molar-refractivity contribution in [1.29, 1.82) is 0 Å². The van der Waals surface area contributed by atoms with Gasteiger partial charge in [0.1, 0.15) is 0 Å². The van der Waals surface area contributed by atoms with E-state index in [1.165, 1.54) is 6.07 Å². The molecule has 1 amide bonds. The average Bonchev–Trinajstić information content (AvgIpc) is 2.44. The summed E-state index contributed by atoms with van der Waals surface area (Å²) in [6, 6.07) is 4.70. The van der Waals surface area contributed by atoms with Gasteiger partial charge in [-0.3, -0.25) is 14.9 Å². The predicted octanol–water partition coefficient (Wildman–Crippen LogP) is 3.37. The first-order chi connectivity index (χ1) is 10.4. The van der Waals surface area contributed by atoms with Crippen molar-refractivity contribution < 1.29 is 9.72 Å². The van der Waals surface area contributed by atoms with Crippen LogP contribution in [0.5, 0.6) is 0 Å². The lowest BCUT2D eigenvalue weighted by molar-refractivity contribution is -0.386. The molecule has 0 saturated heterocycles. The van der Waals surface area contributed by atoms with Crippen LogP contribution in [0.25, 0.3) is 0 Å². The fraction of sp³-hybridized carbons (Fsp3) is 0.588. The van der Waals surface area contributed by atoms with E-state index >= 15 is 0 Å². The second kappa shape index (κ2) is 7.94.